The summed E-state index contributed by atoms with van der Waals surface area (Å²) in [4.78, 5) is 2.47. The lowest BCUT2D eigenvalue weighted by molar-refractivity contribution is 0.193. The molecule has 21 heavy (non-hydrogen) atoms. The maximum atomic E-state index is 9.70. The molecule has 0 heterocycles. The number of hydrogen-bond donors (Lipinski definition) is 1. The van der Waals surface area contributed by atoms with Crippen LogP contribution >= 0.6 is 0 Å². The van der Waals surface area contributed by atoms with Crippen LogP contribution in [-0.2, 0) is 0 Å². The van der Waals surface area contributed by atoms with Gasteiger partial charge in [0.25, 0.3) is 0 Å². The molecule has 0 aromatic heterocycles. The Hall–Kier alpha value is -0.590. The van der Waals surface area contributed by atoms with Crippen molar-refractivity contribution in [3.63, 3.8) is 0 Å². The minimum atomic E-state index is -0.281. The average Bonchev–Trinajstić information content (AvgIpc) is 2.77. The largest absolute Gasteiger partial charge is 0.304 e. The van der Waals surface area contributed by atoms with Crippen LogP contribution in [0.3, 0.4) is 0 Å². The van der Waals surface area contributed by atoms with E-state index in [2.05, 4.69) is 58.0 Å². The van der Waals surface area contributed by atoms with Crippen molar-refractivity contribution in [2.24, 2.45) is 11.8 Å². The highest BCUT2D eigenvalue weighted by molar-refractivity contribution is 5.14. The zero-order valence-corrected chi connectivity index (χ0v) is 14.9. The average molecular weight is 293 g/mol. The van der Waals surface area contributed by atoms with Gasteiger partial charge in [-0.1, -0.05) is 20.3 Å². The molecule has 1 fully saturated rings. The number of nitrogens with zero attached hydrogens (tertiary/aromatic N) is 2. The summed E-state index contributed by atoms with van der Waals surface area (Å²) in [5.41, 5.74) is -0.281. The van der Waals surface area contributed by atoms with Crippen LogP contribution in [0, 0.1) is 23.2 Å². The van der Waals surface area contributed by atoms with E-state index in [0.717, 1.165) is 25.3 Å². The van der Waals surface area contributed by atoms with Crippen molar-refractivity contribution in [3.05, 3.63) is 0 Å². The standard InChI is InChI=1S/C18H35N3/c1-14(2)12-16(5)21(6)11-9-17-8-7-10-18(17,13-19)20-15(3)4/h14-17,20H,7-12H2,1-6H3. The first-order valence-corrected chi connectivity index (χ1v) is 8.70. The Morgan fingerprint density at radius 2 is 1.95 bits per heavy atom. The molecule has 1 saturated carbocycles. The normalized spacial score (nSPS) is 27.5. The van der Waals surface area contributed by atoms with Crippen LogP contribution in [0.5, 0.6) is 0 Å². The van der Waals surface area contributed by atoms with Gasteiger partial charge in [0.05, 0.1) is 6.07 Å². The van der Waals surface area contributed by atoms with Gasteiger partial charge in [0.2, 0.25) is 0 Å². The fourth-order valence-electron chi connectivity index (χ4n) is 3.80. The van der Waals surface area contributed by atoms with Crippen LogP contribution < -0.4 is 5.32 Å². The monoisotopic (exact) mass is 293 g/mol. The van der Waals surface area contributed by atoms with Gasteiger partial charge in [-0.15, -0.1) is 0 Å². The summed E-state index contributed by atoms with van der Waals surface area (Å²) in [5, 5.41) is 13.3. The van der Waals surface area contributed by atoms with E-state index >= 15 is 0 Å². The second-order valence-corrected chi connectivity index (χ2v) is 7.72. The molecule has 1 rings (SSSR count). The predicted octanol–water partition coefficient (Wildman–Crippen LogP) is 3.80. The van der Waals surface area contributed by atoms with Crippen LogP contribution in [-0.4, -0.2) is 36.1 Å². The van der Waals surface area contributed by atoms with Gasteiger partial charge in [-0.2, -0.15) is 5.26 Å². The molecule has 0 spiro atoms. The maximum absolute atomic E-state index is 9.70. The summed E-state index contributed by atoms with van der Waals surface area (Å²) in [7, 11) is 2.23. The number of hydrogen-bond acceptors (Lipinski definition) is 3. The molecular weight excluding hydrogens is 258 g/mol. The van der Waals surface area contributed by atoms with E-state index in [1.165, 1.54) is 19.3 Å². The number of rotatable bonds is 8. The van der Waals surface area contributed by atoms with Gasteiger partial charge in [-0.3, -0.25) is 5.32 Å². The van der Waals surface area contributed by atoms with E-state index in [1.807, 2.05) is 0 Å². The molecular formula is C18H35N3. The third kappa shape index (κ3) is 5.27. The summed E-state index contributed by atoms with van der Waals surface area (Å²) >= 11 is 0. The molecule has 3 nitrogen and oxygen atoms in total. The third-order valence-electron chi connectivity index (χ3n) is 4.96. The molecule has 0 saturated heterocycles. The maximum Gasteiger partial charge on any atom is 0.109 e. The molecule has 3 heteroatoms. The molecule has 0 aromatic carbocycles. The highest BCUT2D eigenvalue weighted by Gasteiger charge is 2.43. The molecule has 3 unspecified atom stereocenters. The lowest BCUT2D eigenvalue weighted by atomic mass is 9.85. The fraction of sp³-hybridized carbons (Fsp3) is 0.944. The van der Waals surface area contributed by atoms with Crippen molar-refractivity contribution >= 4 is 0 Å². The summed E-state index contributed by atoms with van der Waals surface area (Å²) in [5.74, 6) is 1.24. The van der Waals surface area contributed by atoms with E-state index in [4.69, 9.17) is 0 Å². The molecule has 0 bridgehead atoms. The topological polar surface area (TPSA) is 39.1 Å². The number of nitriles is 1. The van der Waals surface area contributed by atoms with Gasteiger partial charge in [0, 0.05) is 12.1 Å². The quantitative estimate of drug-likeness (QED) is 0.740. The first-order chi connectivity index (χ1) is 9.80. The molecule has 122 valence electrons. The second-order valence-electron chi connectivity index (χ2n) is 7.72. The molecule has 3 atom stereocenters. The highest BCUT2D eigenvalue weighted by atomic mass is 15.1. The SMILES string of the molecule is CC(C)CC(C)N(C)CCC1CCCC1(C#N)NC(C)C. The number of nitrogens with one attached hydrogen (secondary N) is 1. The molecule has 0 aliphatic heterocycles. The van der Waals surface area contributed by atoms with E-state index in [-0.39, 0.29) is 5.54 Å². The van der Waals surface area contributed by atoms with Gasteiger partial charge in [-0.25, -0.2) is 0 Å². The Labute approximate surface area is 132 Å². The zero-order chi connectivity index (χ0) is 16.0. The van der Waals surface area contributed by atoms with E-state index in [1.54, 1.807) is 0 Å². The van der Waals surface area contributed by atoms with Crippen molar-refractivity contribution in [1.82, 2.24) is 10.2 Å². The Kier molecular flexibility index (Phi) is 7.16. The van der Waals surface area contributed by atoms with Crippen LogP contribution in [0.25, 0.3) is 0 Å². The Bertz CT molecular complexity index is 345. The third-order valence-corrected chi connectivity index (χ3v) is 4.96. The van der Waals surface area contributed by atoms with Crippen molar-refractivity contribution < 1.29 is 0 Å². The summed E-state index contributed by atoms with van der Waals surface area (Å²) in [6.07, 6.45) is 5.77. The summed E-state index contributed by atoms with van der Waals surface area (Å²) in [6, 6.07) is 3.62. The van der Waals surface area contributed by atoms with Crippen molar-refractivity contribution in [3.8, 4) is 6.07 Å². The van der Waals surface area contributed by atoms with Crippen LogP contribution in [0.2, 0.25) is 0 Å². The Balaban J connectivity index is 2.55. The second kappa shape index (κ2) is 8.15. The summed E-state index contributed by atoms with van der Waals surface area (Å²) in [6.45, 7) is 12.3. The summed E-state index contributed by atoms with van der Waals surface area (Å²) < 4.78 is 0. The van der Waals surface area contributed by atoms with Crippen LogP contribution in [0.4, 0.5) is 0 Å². The molecule has 1 aliphatic rings. The lowest BCUT2D eigenvalue weighted by Crippen LogP contribution is -2.50. The molecule has 1 aliphatic carbocycles. The lowest BCUT2D eigenvalue weighted by Gasteiger charge is -2.34. The molecule has 0 amide bonds. The minimum absolute atomic E-state index is 0.281. The van der Waals surface area contributed by atoms with Crippen LogP contribution in [0.15, 0.2) is 0 Å². The van der Waals surface area contributed by atoms with Gasteiger partial charge < -0.3 is 4.90 Å². The Morgan fingerprint density at radius 3 is 2.48 bits per heavy atom. The smallest absolute Gasteiger partial charge is 0.109 e. The van der Waals surface area contributed by atoms with Gasteiger partial charge in [0.1, 0.15) is 5.54 Å². The highest BCUT2D eigenvalue weighted by Crippen LogP contribution is 2.38. The molecule has 1 N–H and O–H groups in total. The van der Waals surface area contributed by atoms with E-state index in [0.29, 0.717) is 18.0 Å². The first kappa shape index (κ1) is 18.5. The van der Waals surface area contributed by atoms with Gasteiger partial charge in [-0.05, 0) is 71.9 Å². The fourth-order valence-corrected chi connectivity index (χ4v) is 3.80. The van der Waals surface area contributed by atoms with Crippen molar-refractivity contribution in [2.45, 2.75) is 84.3 Å². The van der Waals surface area contributed by atoms with E-state index < -0.39 is 0 Å². The van der Waals surface area contributed by atoms with Crippen LogP contribution in [0.1, 0.15) is 66.7 Å². The zero-order valence-electron chi connectivity index (χ0n) is 14.9. The predicted molar refractivity (Wildman–Crippen MR) is 90.1 cm³/mol. The van der Waals surface area contributed by atoms with Gasteiger partial charge in [0.15, 0.2) is 0 Å². The van der Waals surface area contributed by atoms with Gasteiger partial charge >= 0.3 is 0 Å². The van der Waals surface area contributed by atoms with Crippen molar-refractivity contribution in [2.75, 3.05) is 13.6 Å². The van der Waals surface area contributed by atoms with Crippen molar-refractivity contribution in [1.29, 1.82) is 5.26 Å². The Morgan fingerprint density at radius 1 is 1.29 bits per heavy atom. The first-order valence-electron chi connectivity index (χ1n) is 8.70. The molecule has 0 aromatic rings. The van der Waals surface area contributed by atoms with E-state index in [9.17, 15) is 5.26 Å². The molecule has 0 radical (unpaired) electrons. The minimum Gasteiger partial charge on any atom is -0.304 e.